The zero-order valence-corrected chi connectivity index (χ0v) is 26.1. The normalized spacial score (nSPS) is 23.0. The van der Waals surface area contributed by atoms with Crippen molar-refractivity contribution in [1.82, 2.24) is 0 Å². The number of hydrogen-bond acceptors (Lipinski definition) is 2. The molecule has 2 rings (SSSR count). The Balaban J connectivity index is 1.97. The van der Waals surface area contributed by atoms with Crippen LogP contribution >= 0.6 is 0 Å². The molecule has 0 aromatic rings. The lowest BCUT2D eigenvalue weighted by molar-refractivity contribution is 0.509. The van der Waals surface area contributed by atoms with Crippen LogP contribution < -0.4 is 0 Å². The molecular weight excluding hydrogens is 496 g/mol. The van der Waals surface area contributed by atoms with Crippen molar-refractivity contribution in [3.05, 3.63) is 72.9 Å². The summed E-state index contributed by atoms with van der Waals surface area (Å²) in [4.78, 5) is 0. The third-order valence-corrected chi connectivity index (χ3v) is 11.6. The smallest absolute Gasteiger partial charge is 0.170 e. The number of unbranched alkanes of at least 4 members (excludes halogenated alkanes) is 14. The Labute approximate surface area is 242 Å². The maximum absolute atomic E-state index is 14.5. The molecule has 2 aliphatic carbocycles. The van der Waals surface area contributed by atoms with E-state index in [0.29, 0.717) is 25.7 Å². The molecule has 3 heteroatoms. The van der Waals surface area contributed by atoms with E-state index in [4.69, 9.17) is 0 Å². The second-order valence-corrected chi connectivity index (χ2v) is 14.4. The molecule has 0 aromatic carbocycles. The first-order chi connectivity index (χ1) is 19.0. The van der Waals surface area contributed by atoms with Gasteiger partial charge in [-0.2, -0.15) is 0 Å². The molecular formula is C36H58O2S. The van der Waals surface area contributed by atoms with Gasteiger partial charge in [-0.1, -0.05) is 164 Å². The van der Waals surface area contributed by atoms with E-state index in [1.54, 1.807) is 0 Å². The van der Waals surface area contributed by atoms with Gasteiger partial charge in [0.15, 0.2) is 9.84 Å². The fourth-order valence-electron chi connectivity index (χ4n) is 5.86. The van der Waals surface area contributed by atoms with Crippen molar-refractivity contribution in [2.75, 3.05) is 0 Å². The topological polar surface area (TPSA) is 34.1 Å². The molecule has 2 atom stereocenters. The summed E-state index contributed by atoms with van der Waals surface area (Å²) < 4.78 is 27.3. The van der Waals surface area contributed by atoms with Crippen LogP contribution in [0.1, 0.15) is 142 Å². The molecule has 0 aromatic heterocycles. The third-order valence-electron chi connectivity index (χ3n) is 8.50. The molecule has 2 aliphatic rings. The van der Waals surface area contributed by atoms with Crippen molar-refractivity contribution >= 4 is 9.84 Å². The molecule has 0 fully saturated rings. The minimum absolute atomic E-state index is 0.549. The molecule has 0 amide bonds. The zero-order valence-electron chi connectivity index (χ0n) is 25.3. The van der Waals surface area contributed by atoms with Crippen molar-refractivity contribution in [3.63, 3.8) is 0 Å². The van der Waals surface area contributed by atoms with Gasteiger partial charge in [0.2, 0.25) is 0 Å². The quantitative estimate of drug-likeness (QED) is 0.0985. The van der Waals surface area contributed by atoms with Gasteiger partial charge in [0.25, 0.3) is 0 Å². The van der Waals surface area contributed by atoms with Crippen molar-refractivity contribution in [1.29, 1.82) is 0 Å². The van der Waals surface area contributed by atoms with Crippen molar-refractivity contribution in [2.24, 2.45) is 0 Å². The van der Waals surface area contributed by atoms with E-state index in [9.17, 15) is 8.42 Å². The lowest BCUT2D eigenvalue weighted by Crippen LogP contribution is -2.50. The second-order valence-electron chi connectivity index (χ2n) is 11.8. The van der Waals surface area contributed by atoms with E-state index < -0.39 is 19.3 Å². The van der Waals surface area contributed by atoms with Gasteiger partial charge in [0, 0.05) is 0 Å². The van der Waals surface area contributed by atoms with E-state index in [0.717, 1.165) is 12.8 Å². The van der Waals surface area contributed by atoms with Gasteiger partial charge in [0.1, 0.15) is 0 Å². The molecule has 2 nitrogen and oxygen atoms in total. The molecule has 0 N–H and O–H groups in total. The van der Waals surface area contributed by atoms with E-state index in [1.165, 1.54) is 89.9 Å². The lowest BCUT2D eigenvalue weighted by atomic mass is 9.94. The van der Waals surface area contributed by atoms with Crippen molar-refractivity contribution < 1.29 is 8.42 Å². The van der Waals surface area contributed by atoms with Gasteiger partial charge >= 0.3 is 0 Å². The highest BCUT2D eigenvalue weighted by Gasteiger charge is 2.52. The largest absolute Gasteiger partial charge is 0.227 e. The monoisotopic (exact) mass is 554 g/mol. The predicted molar refractivity (Wildman–Crippen MR) is 173 cm³/mol. The van der Waals surface area contributed by atoms with Gasteiger partial charge in [-0.3, -0.25) is 0 Å². The summed E-state index contributed by atoms with van der Waals surface area (Å²) in [6.45, 7) is 4.51. The van der Waals surface area contributed by atoms with Crippen LogP contribution in [0.4, 0.5) is 0 Å². The second kappa shape index (κ2) is 19.5. The molecule has 2 unspecified atom stereocenters. The van der Waals surface area contributed by atoms with E-state index in [-0.39, 0.29) is 0 Å². The molecule has 0 spiro atoms. The molecule has 0 saturated carbocycles. The molecule has 220 valence electrons. The summed E-state index contributed by atoms with van der Waals surface area (Å²) in [6.07, 6.45) is 47.1. The molecule has 0 saturated heterocycles. The predicted octanol–water partition coefficient (Wildman–Crippen LogP) is 11.1. The highest BCUT2D eigenvalue weighted by Crippen LogP contribution is 2.44. The van der Waals surface area contributed by atoms with E-state index in [1.807, 2.05) is 48.6 Å². The third kappa shape index (κ3) is 11.1. The average molecular weight is 555 g/mol. The summed E-state index contributed by atoms with van der Waals surface area (Å²) in [7, 11) is -3.51. The van der Waals surface area contributed by atoms with Crippen molar-refractivity contribution in [3.8, 4) is 0 Å². The minimum atomic E-state index is -3.51. The molecule has 0 heterocycles. The molecule has 0 bridgehead atoms. The van der Waals surface area contributed by atoms with Crippen LogP contribution in [-0.4, -0.2) is 17.9 Å². The van der Waals surface area contributed by atoms with Crippen LogP contribution in [0.25, 0.3) is 0 Å². The average Bonchev–Trinajstić information content (AvgIpc) is 2.96. The first-order valence-corrected chi connectivity index (χ1v) is 17.7. The summed E-state index contributed by atoms with van der Waals surface area (Å²) >= 11 is 0. The number of rotatable bonds is 22. The van der Waals surface area contributed by atoms with Gasteiger partial charge < -0.3 is 0 Å². The standard InChI is InChI=1S/C36H58O2S/c1-3-5-7-9-11-13-15-17-19-23-29-35(31-25-21-26-32-35)39(37,38)36(33-27-22-28-34-36)30-24-20-18-16-14-12-10-8-6-4-2/h19-28,31,33H,3-18,29-30,32,34H2,1-2H3/b23-19+,24-20+. The SMILES string of the molecule is CCCCCCCCC/C=C/CC1(S(=O)(=O)C2(C/C=C/CCCCCCCCC)C=CC=CC2)C=CC=CC1. The Morgan fingerprint density at radius 3 is 1.28 bits per heavy atom. The van der Waals surface area contributed by atoms with Crippen LogP contribution in [0.5, 0.6) is 0 Å². The summed E-state index contributed by atoms with van der Waals surface area (Å²) in [5, 5.41) is 0. The van der Waals surface area contributed by atoms with Crippen molar-refractivity contribution in [2.45, 2.75) is 152 Å². The minimum Gasteiger partial charge on any atom is -0.227 e. The van der Waals surface area contributed by atoms with Crippen LogP contribution in [0.2, 0.25) is 0 Å². The summed E-state index contributed by atoms with van der Waals surface area (Å²) in [5.74, 6) is 0. The first kappa shape index (κ1) is 33.6. The van der Waals surface area contributed by atoms with Gasteiger partial charge in [-0.05, 0) is 51.4 Å². The van der Waals surface area contributed by atoms with E-state index >= 15 is 0 Å². The molecule has 39 heavy (non-hydrogen) atoms. The Hall–Kier alpha value is -1.61. The molecule has 0 aliphatic heterocycles. The Morgan fingerprint density at radius 2 is 0.923 bits per heavy atom. The fourth-order valence-corrected chi connectivity index (χ4v) is 8.44. The van der Waals surface area contributed by atoms with Crippen LogP contribution in [0.15, 0.2) is 72.9 Å². The fraction of sp³-hybridized carbons (Fsp3) is 0.667. The Kier molecular flexibility index (Phi) is 16.8. The maximum atomic E-state index is 14.5. The zero-order chi connectivity index (χ0) is 28.1. The van der Waals surface area contributed by atoms with Gasteiger partial charge in [-0.25, -0.2) is 8.42 Å². The highest BCUT2D eigenvalue weighted by atomic mass is 32.2. The molecule has 0 radical (unpaired) electrons. The number of hydrogen-bond donors (Lipinski definition) is 0. The Morgan fingerprint density at radius 1 is 0.538 bits per heavy atom. The lowest BCUT2D eigenvalue weighted by Gasteiger charge is -2.40. The van der Waals surface area contributed by atoms with Gasteiger partial charge in [0.05, 0.1) is 9.49 Å². The summed E-state index contributed by atoms with van der Waals surface area (Å²) in [5.41, 5.74) is 0. The van der Waals surface area contributed by atoms with E-state index in [2.05, 4.69) is 38.2 Å². The number of sulfone groups is 1. The van der Waals surface area contributed by atoms with Crippen LogP contribution in [0.3, 0.4) is 0 Å². The first-order valence-electron chi connectivity index (χ1n) is 16.3. The van der Waals surface area contributed by atoms with Crippen LogP contribution in [-0.2, 0) is 9.84 Å². The van der Waals surface area contributed by atoms with Crippen LogP contribution in [0, 0.1) is 0 Å². The maximum Gasteiger partial charge on any atom is 0.170 e. The highest BCUT2D eigenvalue weighted by molar-refractivity contribution is 7.94. The number of allylic oxidation sites excluding steroid dienone is 10. The Bertz CT molecular complexity index is 863. The summed E-state index contributed by atoms with van der Waals surface area (Å²) in [6, 6.07) is 0. The van der Waals surface area contributed by atoms with Gasteiger partial charge in [-0.15, -0.1) is 0 Å².